The number of hydrogen-bond donors (Lipinski definition) is 0. The predicted molar refractivity (Wildman–Crippen MR) is 119 cm³/mol. The van der Waals surface area contributed by atoms with Gasteiger partial charge in [-0.2, -0.15) is 0 Å². The smallest absolute Gasteiger partial charge is 0.272 e. The van der Waals surface area contributed by atoms with Crippen LogP contribution in [0.3, 0.4) is 0 Å². The molecule has 4 aromatic rings. The van der Waals surface area contributed by atoms with Crippen LogP contribution >= 0.6 is 0 Å². The van der Waals surface area contributed by atoms with Crippen LogP contribution in [-0.4, -0.2) is 29.1 Å². The molecule has 3 aromatic carbocycles. The summed E-state index contributed by atoms with van der Waals surface area (Å²) in [5.74, 6) is 1.37. The monoisotopic (exact) mass is 410 g/mol. The van der Waals surface area contributed by atoms with Gasteiger partial charge in [0.05, 0.1) is 5.52 Å². The summed E-state index contributed by atoms with van der Waals surface area (Å²) in [6.07, 6.45) is 0.769. The molecule has 0 bridgehead atoms. The van der Waals surface area contributed by atoms with E-state index in [0.29, 0.717) is 18.8 Å². The molecule has 0 N–H and O–H groups in total. The topological polar surface area (TPSA) is 51.7 Å². The molecule has 0 saturated heterocycles. The number of rotatable bonds is 6. The Hall–Kier alpha value is -3.86. The largest absolute Gasteiger partial charge is 0.454 e. The summed E-state index contributed by atoms with van der Waals surface area (Å²) in [6, 6.07) is 27.6. The molecule has 31 heavy (non-hydrogen) atoms. The molecule has 1 aromatic heterocycles. The zero-order chi connectivity index (χ0) is 21.0. The highest BCUT2D eigenvalue weighted by Gasteiger charge is 2.20. The Kier molecular flexibility index (Phi) is 5.23. The Labute approximate surface area is 180 Å². The molecule has 1 amide bonds. The van der Waals surface area contributed by atoms with E-state index in [4.69, 9.17) is 9.47 Å². The van der Waals surface area contributed by atoms with Gasteiger partial charge in [-0.15, -0.1) is 0 Å². The Morgan fingerprint density at radius 2 is 1.65 bits per heavy atom. The van der Waals surface area contributed by atoms with Gasteiger partial charge >= 0.3 is 0 Å². The molecule has 2 heterocycles. The average molecular weight is 410 g/mol. The molecule has 0 radical (unpaired) electrons. The van der Waals surface area contributed by atoms with E-state index >= 15 is 0 Å². The lowest BCUT2D eigenvalue weighted by atomic mass is 10.1. The van der Waals surface area contributed by atoms with E-state index in [0.717, 1.165) is 34.4 Å². The van der Waals surface area contributed by atoms with Crippen molar-refractivity contribution in [1.82, 2.24) is 9.88 Å². The molecule has 1 aliphatic rings. The molecule has 0 fully saturated rings. The average Bonchev–Trinajstić information content (AvgIpc) is 3.29. The third-order valence-corrected chi connectivity index (χ3v) is 5.43. The number of pyridine rings is 1. The Morgan fingerprint density at radius 3 is 2.55 bits per heavy atom. The lowest BCUT2D eigenvalue weighted by Crippen LogP contribution is -2.33. The van der Waals surface area contributed by atoms with Gasteiger partial charge in [0.25, 0.3) is 5.91 Å². The molecule has 0 atom stereocenters. The third kappa shape index (κ3) is 4.21. The van der Waals surface area contributed by atoms with E-state index < -0.39 is 0 Å². The second kappa shape index (κ2) is 8.48. The summed E-state index contributed by atoms with van der Waals surface area (Å²) in [5.41, 5.74) is 3.45. The number of fused-ring (bicyclic) bond motifs is 2. The maximum atomic E-state index is 13.5. The van der Waals surface area contributed by atoms with Gasteiger partial charge in [-0.1, -0.05) is 60.7 Å². The van der Waals surface area contributed by atoms with Gasteiger partial charge in [0.1, 0.15) is 5.69 Å². The van der Waals surface area contributed by atoms with Crippen LogP contribution in [-0.2, 0) is 13.0 Å². The molecular formula is C26H22N2O3. The van der Waals surface area contributed by atoms with Crippen LogP contribution in [0.15, 0.2) is 84.9 Å². The van der Waals surface area contributed by atoms with E-state index in [1.807, 2.05) is 71.6 Å². The summed E-state index contributed by atoms with van der Waals surface area (Å²) in [7, 11) is 0. The molecule has 5 rings (SSSR count). The highest BCUT2D eigenvalue weighted by molar-refractivity contribution is 5.94. The number of carbonyl (C=O) groups excluding carboxylic acids is 1. The fraction of sp³-hybridized carbons (Fsp3) is 0.154. The van der Waals surface area contributed by atoms with Crippen LogP contribution in [0.4, 0.5) is 0 Å². The van der Waals surface area contributed by atoms with Crippen molar-refractivity contribution in [3.8, 4) is 11.5 Å². The predicted octanol–water partition coefficient (Wildman–Crippen LogP) is 4.85. The first-order chi connectivity index (χ1) is 15.3. The summed E-state index contributed by atoms with van der Waals surface area (Å²) in [6.45, 7) is 1.29. The summed E-state index contributed by atoms with van der Waals surface area (Å²) < 4.78 is 10.9. The van der Waals surface area contributed by atoms with E-state index in [9.17, 15) is 4.79 Å². The van der Waals surface area contributed by atoms with Crippen LogP contribution in [0.5, 0.6) is 11.5 Å². The van der Waals surface area contributed by atoms with Crippen molar-refractivity contribution in [2.24, 2.45) is 0 Å². The SMILES string of the molecule is O=C(c1ccc2ccccc2n1)N(CCc1ccccc1)Cc1ccc2c(c1)OCO2. The molecule has 0 aliphatic carbocycles. The van der Waals surface area contributed by atoms with Gasteiger partial charge in [0.2, 0.25) is 6.79 Å². The van der Waals surface area contributed by atoms with Crippen LogP contribution in [0.2, 0.25) is 0 Å². The maximum absolute atomic E-state index is 13.5. The van der Waals surface area contributed by atoms with Gasteiger partial charge in [-0.25, -0.2) is 4.98 Å². The molecule has 0 unspecified atom stereocenters. The Morgan fingerprint density at radius 1 is 0.839 bits per heavy atom. The second-order valence-electron chi connectivity index (χ2n) is 7.54. The van der Waals surface area contributed by atoms with Gasteiger partial charge in [-0.05, 0) is 41.8 Å². The van der Waals surface area contributed by atoms with E-state index in [2.05, 4.69) is 17.1 Å². The molecule has 5 heteroatoms. The standard InChI is InChI=1S/C26H22N2O3/c29-26(23-12-11-21-8-4-5-9-22(21)27-23)28(15-14-19-6-2-1-3-7-19)17-20-10-13-24-25(16-20)31-18-30-24/h1-13,16H,14-15,17-18H2. The lowest BCUT2D eigenvalue weighted by molar-refractivity contribution is 0.0739. The fourth-order valence-corrected chi connectivity index (χ4v) is 3.77. The Balaban J connectivity index is 1.42. The van der Waals surface area contributed by atoms with Crippen LogP contribution in [0, 0.1) is 0 Å². The normalized spacial score (nSPS) is 12.1. The number of benzene rings is 3. The number of carbonyl (C=O) groups is 1. The van der Waals surface area contributed by atoms with Crippen LogP contribution in [0.25, 0.3) is 10.9 Å². The van der Waals surface area contributed by atoms with Gasteiger partial charge in [0, 0.05) is 18.5 Å². The lowest BCUT2D eigenvalue weighted by Gasteiger charge is -2.23. The van der Waals surface area contributed by atoms with E-state index in [1.54, 1.807) is 6.07 Å². The summed E-state index contributed by atoms with van der Waals surface area (Å²) in [5, 5.41) is 1.02. The van der Waals surface area contributed by atoms with Crippen molar-refractivity contribution < 1.29 is 14.3 Å². The zero-order valence-electron chi connectivity index (χ0n) is 17.0. The van der Waals surface area contributed by atoms with Crippen molar-refractivity contribution in [2.75, 3.05) is 13.3 Å². The summed E-state index contributed by atoms with van der Waals surface area (Å²) >= 11 is 0. The van der Waals surface area contributed by atoms with Crippen molar-refractivity contribution in [3.05, 3.63) is 102 Å². The van der Waals surface area contributed by atoms with Gasteiger partial charge in [-0.3, -0.25) is 4.79 Å². The van der Waals surface area contributed by atoms with Crippen molar-refractivity contribution in [2.45, 2.75) is 13.0 Å². The molecular weight excluding hydrogens is 388 g/mol. The highest BCUT2D eigenvalue weighted by Crippen LogP contribution is 2.33. The minimum Gasteiger partial charge on any atom is -0.454 e. The highest BCUT2D eigenvalue weighted by atomic mass is 16.7. The molecule has 154 valence electrons. The molecule has 5 nitrogen and oxygen atoms in total. The molecule has 0 spiro atoms. The zero-order valence-corrected chi connectivity index (χ0v) is 17.0. The van der Waals surface area contributed by atoms with Crippen LogP contribution in [0.1, 0.15) is 21.6 Å². The van der Waals surface area contributed by atoms with Crippen molar-refractivity contribution >= 4 is 16.8 Å². The number of nitrogens with zero attached hydrogens (tertiary/aromatic N) is 2. The number of amides is 1. The second-order valence-corrected chi connectivity index (χ2v) is 7.54. The fourth-order valence-electron chi connectivity index (χ4n) is 3.77. The Bertz CT molecular complexity index is 1220. The quantitative estimate of drug-likeness (QED) is 0.456. The minimum absolute atomic E-state index is 0.0839. The first kappa shape index (κ1) is 19.1. The number of ether oxygens (including phenoxy) is 2. The first-order valence-electron chi connectivity index (χ1n) is 10.3. The number of para-hydroxylation sites is 1. The molecule has 0 saturated carbocycles. The van der Waals surface area contributed by atoms with Gasteiger partial charge in [0.15, 0.2) is 11.5 Å². The van der Waals surface area contributed by atoms with E-state index in [1.165, 1.54) is 5.56 Å². The number of hydrogen-bond acceptors (Lipinski definition) is 4. The first-order valence-corrected chi connectivity index (χ1v) is 10.3. The van der Waals surface area contributed by atoms with Crippen LogP contribution < -0.4 is 9.47 Å². The minimum atomic E-state index is -0.0839. The summed E-state index contributed by atoms with van der Waals surface area (Å²) in [4.78, 5) is 19.9. The van der Waals surface area contributed by atoms with Crippen molar-refractivity contribution in [1.29, 1.82) is 0 Å². The number of aromatic nitrogens is 1. The maximum Gasteiger partial charge on any atom is 0.272 e. The van der Waals surface area contributed by atoms with Gasteiger partial charge < -0.3 is 14.4 Å². The molecule has 1 aliphatic heterocycles. The third-order valence-electron chi connectivity index (χ3n) is 5.43. The van der Waals surface area contributed by atoms with Crippen molar-refractivity contribution in [3.63, 3.8) is 0 Å². The van der Waals surface area contributed by atoms with E-state index in [-0.39, 0.29) is 12.7 Å².